The zero-order valence-corrected chi connectivity index (χ0v) is 13.8. The first kappa shape index (κ1) is 14.4. The number of imidazole rings is 1. The van der Waals surface area contributed by atoms with Crippen LogP contribution in [-0.4, -0.2) is 46.2 Å². The molecule has 1 atom stereocenters. The first-order valence-corrected chi connectivity index (χ1v) is 8.27. The van der Waals surface area contributed by atoms with Gasteiger partial charge in [0, 0.05) is 14.1 Å². The second kappa shape index (κ2) is 4.91. The fourth-order valence-electron chi connectivity index (χ4n) is 4.07. The lowest BCUT2D eigenvalue weighted by Crippen LogP contribution is -2.61. The van der Waals surface area contributed by atoms with E-state index in [1.165, 1.54) is 36.1 Å². The summed E-state index contributed by atoms with van der Waals surface area (Å²) < 4.78 is 4.19. The SMILES string of the molecule is Cc1c[n+]2c(n1C1CCCCC1)N=C1C2C(=O)N(C)C(=O)N1C. The zero-order chi connectivity index (χ0) is 16.3. The van der Waals surface area contributed by atoms with Gasteiger partial charge in [-0.3, -0.25) is 14.6 Å². The molecule has 1 aromatic heterocycles. The minimum Gasteiger partial charge on any atom is -0.270 e. The van der Waals surface area contributed by atoms with Gasteiger partial charge < -0.3 is 0 Å². The van der Waals surface area contributed by atoms with Gasteiger partial charge in [0.15, 0.2) is 0 Å². The Hall–Kier alpha value is -2.18. The summed E-state index contributed by atoms with van der Waals surface area (Å²) in [4.78, 5) is 32.1. The van der Waals surface area contributed by atoms with Crippen LogP contribution in [0.15, 0.2) is 11.2 Å². The maximum atomic E-state index is 12.6. The minimum absolute atomic E-state index is 0.212. The average Bonchev–Trinajstić information content (AvgIpc) is 3.06. The first-order valence-electron chi connectivity index (χ1n) is 8.27. The predicted octanol–water partition coefficient (Wildman–Crippen LogP) is 1.70. The number of nitrogens with zero attached hydrogens (tertiary/aromatic N) is 5. The summed E-state index contributed by atoms with van der Waals surface area (Å²) in [6.45, 7) is 2.07. The molecule has 1 unspecified atom stereocenters. The van der Waals surface area contributed by atoms with Crippen molar-refractivity contribution in [1.29, 1.82) is 0 Å². The van der Waals surface area contributed by atoms with Crippen molar-refractivity contribution in [3.05, 3.63) is 11.9 Å². The van der Waals surface area contributed by atoms with Crippen molar-refractivity contribution in [2.75, 3.05) is 14.1 Å². The van der Waals surface area contributed by atoms with Crippen LogP contribution in [0, 0.1) is 6.92 Å². The van der Waals surface area contributed by atoms with E-state index in [2.05, 4.69) is 16.5 Å². The highest BCUT2D eigenvalue weighted by Gasteiger charge is 2.52. The van der Waals surface area contributed by atoms with Gasteiger partial charge in [0.1, 0.15) is 11.9 Å². The van der Waals surface area contributed by atoms with Crippen LogP contribution >= 0.6 is 0 Å². The topological polar surface area (TPSA) is 61.8 Å². The standard InChI is InChI=1S/C16H22N5O2/c1-10-9-20-12-13(18(2)16(23)19(3)14(12)22)17-15(20)21(10)11-7-5-4-6-8-11/h9,11-12H,4-8H2,1-3H3/q+1. The number of aromatic nitrogens is 2. The smallest absolute Gasteiger partial charge is 0.270 e. The highest BCUT2D eigenvalue weighted by Crippen LogP contribution is 2.35. The molecule has 122 valence electrons. The van der Waals surface area contributed by atoms with Crippen LogP contribution < -0.4 is 4.57 Å². The summed E-state index contributed by atoms with van der Waals surface area (Å²) in [6.07, 6.45) is 8.08. The first-order chi connectivity index (χ1) is 11.0. The largest absolute Gasteiger partial charge is 0.402 e. The second-order valence-electron chi connectivity index (χ2n) is 6.75. The average molecular weight is 316 g/mol. The van der Waals surface area contributed by atoms with Gasteiger partial charge in [-0.1, -0.05) is 11.4 Å². The van der Waals surface area contributed by atoms with E-state index in [1.54, 1.807) is 7.05 Å². The van der Waals surface area contributed by atoms with Gasteiger partial charge in [0.05, 0.1) is 6.04 Å². The van der Waals surface area contributed by atoms with Crippen LogP contribution in [0.1, 0.15) is 49.9 Å². The molecule has 3 amide bonds. The molecule has 1 saturated heterocycles. The maximum Gasteiger partial charge on any atom is 0.402 e. The maximum absolute atomic E-state index is 12.6. The Kier molecular flexibility index (Phi) is 3.08. The molecule has 0 spiro atoms. The molecule has 0 radical (unpaired) electrons. The van der Waals surface area contributed by atoms with Crippen molar-refractivity contribution in [3.8, 4) is 0 Å². The Morgan fingerprint density at radius 3 is 2.52 bits per heavy atom. The number of likely N-dealkylation sites (N-methyl/N-ethyl adjacent to an activating group) is 2. The van der Waals surface area contributed by atoms with Gasteiger partial charge >= 0.3 is 12.0 Å². The summed E-state index contributed by atoms with van der Waals surface area (Å²) in [5, 5.41) is 0. The summed E-state index contributed by atoms with van der Waals surface area (Å²) in [7, 11) is 3.21. The van der Waals surface area contributed by atoms with Gasteiger partial charge in [-0.15, -0.1) is 0 Å². The van der Waals surface area contributed by atoms with E-state index in [4.69, 9.17) is 0 Å². The molecule has 0 aromatic carbocycles. The van der Waals surface area contributed by atoms with Crippen molar-refractivity contribution in [2.24, 2.45) is 4.99 Å². The number of hydrogen-bond acceptors (Lipinski definition) is 3. The third-order valence-corrected chi connectivity index (χ3v) is 5.31. The quantitative estimate of drug-likeness (QED) is 0.740. The summed E-state index contributed by atoms with van der Waals surface area (Å²) in [6, 6.07) is -0.392. The van der Waals surface area contributed by atoms with Crippen LogP contribution in [0.5, 0.6) is 0 Å². The molecule has 0 N–H and O–H groups in total. The molecular weight excluding hydrogens is 294 g/mol. The van der Waals surface area contributed by atoms with Crippen molar-refractivity contribution in [3.63, 3.8) is 0 Å². The molecule has 4 rings (SSSR count). The zero-order valence-electron chi connectivity index (χ0n) is 13.8. The van der Waals surface area contributed by atoms with E-state index in [0.717, 1.165) is 24.5 Å². The number of aryl methyl sites for hydroxylation is 1. The molecule has 7 nitrogen and oxygen atoms in total. The Morgan fingerprint density at radius 1 is 1.13 bits per heavy atom. The lowest BCUT2D eigenvalue weighted by atomic mass is 9.95. The Labute approximate surface area is 135 Å². The third kappa shape index (κ3) is 1.88. The number of rotatable bonds is 1. The summed E-state index contributed by atoms with van der Waals surface area (Å²) in [5.74, 6) is 1.13. The molecule has 2 fully saturated rings. The van der Waals surface area contributed by atoms with Crippen LogP contribution in [0.25, 0.3) is 0 Å². The lowest BCUT2D eigenvalue weighted by Gasteiger charge is -2.30. The number of fused-ring (bicyclic) bond motifs is 3. The fraction of sp³-hybridized carbons (Fsp3) is 0.625. The van der Waals surface area contributed by atoms with E-state index in [1.807, 2.05) is 10.8 Å². The number of imide groups is 1. The molecular formula is C16H22N5O2+. The Balaban J connectivity index is 1.82. The molecule has 2 aliphatic heterocycles. The Morgan fingerprint density at radius 2 is 1.83 bits per heavy atom. The van der Waals surface area contributed by atoms with Crippen LogP contribution in [0.2, 0.25) is 0 Å². The van der Waals surface area contributed by atoms with Crippen molar-refractivity contribution in [2.45, 2.75) is 51.1 Å². The van der Waals surface area contributed by atoms with Gasteiger partial charge in [-0.2, -0.15) is 0 Å². The van der Waals surface area contributed by atoms with E-state index in [9.17, 15) is 9.59 Å². The third-order valence-electron chi connectivity index (χ3n) is 5.31. The van der Waals surface area contributed by atoms with Gasteiger partial charge in [-0.25, -0.2) is 13.9 Å². The number of hydrogen-bond donors (Lipinski definition) is 0. The van der Waals surface area contributed by atoms with Gasteiger partial charge in [-0.05, 0) is 32.6 Å². The number of carbonyl (C=O) groups excluding carboxylic acids is 2. The number of urea groups is 1. The number of amides is 3. The molecule has 3 heterocycles. The fourth-order valence-corrected chi connectivity index (χ4v) is 4.07. The molecule has 1 aliphatic carbocycles. The number of carbonyl (C=O) groups is 2. The van der Waals surface area contributed by atoms with E-state index in [-0.39, 0.29) is 11.9 Å². The van der Waals surface area contributed by atoms with Gasteiger partial charge in [0.2, 0.25) is 11.9 Å². The molecule has 23 heavy (non-hydrogen) atoms. The van der Waals surface area contributed by atoms with Crippen molar-refractivity contribution in [1.82, 2.24) is 14.4 Å². The van der Waals surface area contributed by atoms with Crippen molar-refractivity contribution >= 4 is 23.7 Å². The number of amidine groups is 1. The highest BCUT2D eigenvalue weighted by molar-refractivity contribution is 6.18. The number of aliphatic imine (C=N–C) groups is 1. The highest BCUT2D eigenvalue weighted by atomic mass is 16.2. The van der Waals surface area contributed by atoms with Crippen LogP contribution in [-0.2, 0) is 4.79 Å². The molecule has 1 aromatic rings. The minimum atomic E-state index is -0.513. The normalized spacial score (nSPS) is 24.8. The molecule has 7 heteroatoms. The van der Waals surface area contributed by atoms with Crippen molar-refractivity contribution < 1.29 is 14.2 Å². The molecule has 1 saturated carbocycles. The molecule has 3 aliphatic rings. The van der Waals surface area contributed by atoms with Crippen LogP contribution in [0.4, 0.5) is 10.7 Å². The van der Waals surface area contributed by atoms with Crippen LogP contribution in [0.3, 0.4) is 0 Å². The second-order valence-corrected chi connectivity index (χ2v) is 6.75. The predicted molar refractivity (Wildman–Crippen MR) is 83.5 cm³/mol. The van der Waals surface area contributed by atoms with E-state index < -0.39 is 6.04 Å². The van der Waals surface area contributed by atoms with Gasteiger partial charge in [0.25, 0.3) is 5.91 Å². The van der Waals surface area contributed by atoms with E-state index in [0.29, 0.717) is 11.9 Å². The summed E-state index contributed by atoms with van der Waals surface area (Å²) >= 11 is 0. The monoisotopic (exact) mass is 316 g/mol. The molecule has 0 bridgehead atoms. The Bertz CT molecular complexity index is 729. The lowest BCUT2D eigenvalue weighted by molar-refractivity contribution is -0.677. The van der Waals surface area contributed by atoms with E-state index >= 15 is 0 Å². The summed E-state index contributed by atoms with van der Waals surface area (Å²) in [5.41, 5.74) is 1.13.